The zero-order chi connectivity index (χ0) is 21.7. The zero-order valence-corrected chi connectivity index (χ0v) is 17.8. The zero-order valence-electron chi connectivity index (χ0n) is 16.2. The lowest BCUT2D eigenvalue weighted by atomic mass is 10.2. The molecule has 0 aliphatic carbocycles. The van der Waals surface area contributed by atoms with Crippen LogP contribution in [0, 0.1) is 0 Å². The Morgan fingerprint density at radius 3 is 2.30 bits per heavy atom. The van der Waals surface area contributed by atoms with Crippen LogP contribution in [0.3, 0.4) is 0 Å². The standard InChI is InChI=1S/C21H19ClN2O5S/c1-28-19-9-4-3-8-17(19)23-21(25)14-6-5-7-16(12-14)30(26,27)24-18-13-15(22)10-11-20(18)29-2/h3-13,24H,1-2H3,(H,23,25). The van der Waals surface area contributed by atoms with Gasteiger partial charge in [0.2, 0.25) is 0 Å². The maximum Gasteiger partial charge on any atom is 0.262 e. The molecule has 3 rings (SSSR count). The normalized spacial score (nSPS) is 10.9. The number of sulfonamides is 1. The van der Waals surface area contributed by atoms with E-state index in [2.05, 4.69) is 10.0 Å². The molecule has 0 saturated heterocycles. The summed E-state index contributed by atoms with van der Waals surface area (Å²) in [5, 5.41) is 3.06. The fraction of sp³-hybridized carbons (Fsp3) is 0.0952. The van der Waals surface area contributed by atoms with E-state index in [1.165, 1.54) is 44.6 Å². The van der Waals surface area contributed by atoms with Crippen molar-refractivity contribution >= 4 is 38.9 Å². The SMILES string of the molecule is COc1ccccc1NC(=O)c1cccc(S(=O)(=O)Nc2cc(Cl)ccc2OC)c1. The highest BCUT2D eigenvalue weighted by atomic mass is 35.5. The Morgan fingerprint density at radius 2 is 1.57 bits per heavy atom. The van der Waals surface area contributed by atoms with Crippen LogP contribution in [0.1, 0.15) is 10.4 Å². The van der Waals surface area contributed by atoms with Crippen molar-refractivity contribution in [1.29, 1.82) is 0 Å². The molecule has 0 fully saturated rings. The molecule has 9 heteroatoms. The van der Waals surface area contributed by atoms with E-state index in [1.54, 1.807) is 36.4 Å². The molecule has 156 valence electrons. The second-order valence-electron chi connectivity index (χ2n) is 6.13. The minimum Gasteiger partial charge on any atom is -0.495 e. The first-order valence-electron chi connectivity index (χ1n) is 8.75. The Kier molecular flexibility index (Phi) is 6.49. The molecule has 0 spiro atoms. The van der Waals surface area contributed by atoms with Crippen LogP contribution in [-0.4, -0.2) is 28.5 Å². The summed E-state index contributed by atoms with van der Waals surface area (Å²) in [6.45, 7) is 0. The summed E-state index contributed by atoms with van der Waals surface area (Å²) in [6, 6.07) is 17.2. The average molecular weight is 447 g/mol. The summed E-state index contributed by atoms with van der Waals surface area (Å²) < 4.78 is 38.5. The first-order valence-corrected chi connectivity index (χ1v) is 10.6. The van der Waals surface area contributed by atoms with Gasteiger partial charge in [0.25, 0.3) is 15.9 Å². The minimum absolute atomic E-state index is 0.0859. The van der Waals surface area contributed by atoms with E-state index in [0.717, 1.165) is 0 Å². The van der Waals surface area contributed by atoms with Crippen LogP contribution in [0.4, 0.5) is 11.4 Å². The Labute approximate surface area is 179 Å². The molecule has 0 aliphatic heterocycles. The van der Waals surface area contributed by atoms with Crippen LogP contribution in [0.15, 0.2) is 71.6 Å². The van der Waals surface area contributed by atoms with Crippen LogP contribution in [0.2, 0.25) is 5.02 Å². The van der Waals surface area contributed by atoms with Gasteiger partial charge in [-0.1, -0.05) is 29.8 Å². The number of rotatable bonds is 7. The smallest absolute Gasteiger partial charge is 0.262 e. The van der Waals surface area contributed by atoms with Gasteiger partial charge in [-0.2, -0.15) is 0 Å². The quantitative estimate of drug-likeness (QED) is 0.560. The van der Waals surface area contributed by atoms with Gasteiger partial charge < -0.3 is 14.8 Å². The van der Waals surface area contributed by atoms with Crippen molar-refractivity contribution in [2.45, 2.75) is 4.90 Å². The third-order valence-electron chi connectivity index (χ3n) is 4.17. The number of nitrogens with one attached hydrogen (secondary N) is 2. The van der Waals surface area contributed by atoms with E-state index in [9.17, 15) is 13.2 Å². The lowest BCUT2D eigenvalue weighted by Gasteiger charge is -2.13. The molecule has 3 aromatic rings. The Hall–Kier alpha value is -3.23. The van der Waals surface area contributed by atoms with Gasteiger partial charge in [-0.3, -0.25) is 9.52 Å². The second kappa shape index (κ2) is 9.06. The van der Waals surface area contributed by atoms with Gasteiger partial charge in [0.15, 0.2) is 0 Å². The van der Waals surface area contributed by atoms with Crippen LogP contribution in [0.5, 0.6) is 11.5 Å². The molecule has 1 amide bonds. The number of amides is 1. The first-order chi connectivity index (χ1) is 14.3. The monoisotopic (exact) mass is 446 g/mol. The average Bonchev–Trinajstić information content (AvgIpc) is 2.74. The molecule has 0 saturated carbocycles. The van der Waals surface area contributed by atoms with Gasteiger partial charge in [-0.15, -0.1) is 0 Å². The van der Waals surface area contributed by atoms with Crippen molar-refractivity contribution in [3.05, 3.63) is 77.3 Å². The summed E-state index contributed by atoms with van der Waals surface area (Å²) in [5.41, 5.74) is 0.829. The molecule has 0 atom stereocenters. The molecule has 0 aromatic heterocycles. The van der Waals surface area contributed by atoms with E-state index >= 15 is 0 Å². The van der Waals surface area contributed by atoms with Crippen molar-refractivity contribution in [1.82, 2.24) is 0 Å². The lowest BCUT2D eigenvalue weighted by molar-refractivity contribution is 0.102. The van der Waals surface area contributed by atoms with E-state index in [1.807, 2.05) is 0 Å². The third kappa shape index (κ3) is 4.84. The number of ether oxygens (including phenoxy) is 2. The highest BCUT2D eigenvalue weighted by molar-refractivity contribution is 7.92. The van der Waals surface area contributed by atoms with Crippen LogP contribution in [-0.2, 0) is 10.0 Å². The van der Waals surface area contributed by atoms with Crippen molar-refractivity contribution < 1.29 is 22.7 Å². The first kappa shape index (κ1) is 21.5. The fourth-order valence-corrected chi connectivity index (χ4v) is 3.99. The van der Waals surface area contributed by atoms with Gasteiger partial charge in [0.1, 0.15) is 11.5 Å². The number of benzene rings is 3. The van der Waals surface area contributed by atoms with Gasteiger partial charge in [-0.25, -0.2) is 8.42 Å². The van der Waals surface area contributed by atoms with Gasteiger partial charge in [0.05, 0.1) is 30.5 Å². The number of hydrogen-bond acceptors (Lipinski definition) is 5. The fourth-order valence-electron chi connectivity index (χ4n) is 2.71. The number of carbonyl (C=O) groups is 1. The number of carbonyl (C=O) groups excluding carboxylic acids is 1. The van der Waals surface area contributed by atoms with Crippen molar-refractivity contribution in [3.8, 4) is 11.5 Å². The van der Waals surface area contributed by atoms with Crippen molar-refractivity contribution in [2.24, 2.45) is 0 Å². The summed E-state index contributed by atoms with van der Waals surface area (Å²) in [4.78, 5) is 12.6. The summed E-state index contributed by atoms with van der Waals surface area (Å²) in [7, 11) is -1.08. The van der Waals surface area contributed by atoms with E-state index in [4.69, 9.17) is 21.1 Å². The van der Waals surface area contributed by atoms with Crippen LogP contribution >= 0.6 is 11.6 Å². The molecule has 0 unspecified atom stereocenters. The Morgan fingerprint density at radius 1 is 0.867 bits per heavy atom. The second-order valence-corrected chi connectivity index (χ2v) is 8.25. The number of para-hydroxylation sites is 2. The number of halogens is 1. The van der Waals surface area contributed by atoms with E-state index in [-0.39, 0.29) is 16.1 Å². The maximum atomic E-state index is 12.9. The molecule has 0 bridgehead atoms. The summed E-state index contributed by atoms with van der Waals surface area (Å²) in [6.07, 6.45) is 0. The molecule has 2 N–H and O–H groups in total. The van der Waals surface area contributed by atoms with Crippen LogP contribution in [0.25, 0.3) is 0 Å². The molecule has 0 radical (unpaired) electrons. The Bertz CT molecular complexity index is 1180. The summed E-state index contributed by atoms with van der Waals surface area (Å²) in [5.74, 6) is 0.328. The predicted octanol–water partition coefficient (Wildman–Crippen LogP) is 4.41. The highest BCUT2D eigenvalue weighted by Crippen LogP contribution is 2.30. The number of anilines is 2. The van der Waals surface area contributed by atoms with Gasteiger partial charge >= 0.3 is 0 Å². The molecular weight excluding hydrogens is 428 g/mol. The molecule has 7 nitrogen and oxygen atoms in total. The highest BCUT2D eigenvalue weighted by Gasteiger charge is 2.19. The summed E-state index contributed by atoms with van der Waals surface area (Å²) >= 11 is 5.96. The van der Waals surface area contributed by atoms with Gasteiger partial charge in [0, 0.05) is 10.6 Å². The maximum absolute atomic E-state index is 12.9. The van der Waals surface area contributed by atoms with E-state index in [0.29, 0.717) is 22.2 Å². The molecule has 0 aliphatic rings. The number of hydrogen-bond donors (Lipinski definition) is 2. The molecule has 3 aromatic carbocycles. The van der Waals surface area contributed by atoms with Crippen molar-refractivity contribution in [2.75, 3.05) is 24.3 Å². The lowest BCUT2D eigenvalue weighted by Crippen LogP contribution is -2.16. The Balaban J connectivity index is 1.87. The predicted molar refractivity (Wildman–Crippen MR) is 116 cm³/mol. The van der Waals surface area contributed by atoms with Crippen LogP contribution < -0.4 is 19.5 Å². The van der Waals surface area contributed by atoms with E-state index < -0.39 is 15.9 Å². The molecule has 30 heavy (non-hydrogen) atoms. The topological polar surface area (TPSA) is 93.7 Å². The molecular formula is C21H19ClN2O5S. The van der Waals surface area contributed by atoms with Crippen molar-refractivity contribution in [3.63, 3.8) is 0 Å². The van der Waals surface area contributed by atoms with Gasteiger partial charge in [-0.05, 0) is 48.5 Å². The number of methoxy groups -OCH3 is 2. The third-order valence-corrected chi connectivity index (χ3v) is 5.77. The minimum atomic E-state index is -4.00. The largest absolute Gasteiger partial charge is 0.495 e. The molecule has 0 heterocycles.